The van der Waals surface area contributed by atoms with Crippen LogP contribution in [0.15, 0.2) is 36.4 Å². The smallest absolute Gasteiger partial charge is 0.371 e. The summed E-state index contributed by atoms with van der Waals surface area (Å²) >= 11 is 0. The van der Waals surface area contributed by atoms with E-state index in [0.29, 0.717) is 17.9 Å². The van der Waals surface area contributed by atoms with Gasteiger partial charge in [-0.15, -0.1) is 5.10 Å². The highest BCUT2D eigenvalue weighted by molar-refractivity contribution is 5.95. The minimum absolute atomic E-state index is 0.0614. The molecule has 3 heterocycles. The second-order valence-electron chi connectivity index (χ2n) is 10.1. The van der Waals surface area contributed by atoms with E-state index in [9.17, 15) is 22.0 Å². The second-order valence-corrected chi connectivity index (χ2v) is 10.1. The van der Waals surface area contributed by atoms with Gasteiger partial charge in [-0.1, -0.05) is 18.2 Å². The molecule has 2 saturated heterocycles. The number of halogens is 5. The highest BCUT2D eigenvalue weighted by atomic mass is 19.4. The largest absolute Gasteiger partial charge is 0.416 e. The van der Waals surface area contributed by atoms with E-state index in [0.717, 1.165) is 54.2 Å². The first-order valence-corrected chi connectivity index (χ1v) is 12.6. The fourth-order valence-corrected chi connectivity index (χ4v) is 5.53. The van der Waals surface area contributed by atoms with Gasteiger partial charge >= 0.3 is 6.18 Å². The summed E-state index contributed by atoms with van der Waals surface area (Å²) in [6.45, 7) is 5.36. The Bertz CT molecular complexity index is 1280. The van der Waals surface area contributed by atoms with Crippen molar-refractivity contribution in [3.05, 3.63) is 58.8 Å². The molecular weight excluding hydrogens is 489 g/mol. The number of hydrogen-bond donors (Lipinski definition) is 1. The molecule has 5 nitrogen and oxygen atoms in total. The Morgan fingerprint density at radius 3 is 2.43 bits per heavy atom. The average Bonchev–Trinajstić information content (AvgIpc) is 3.23. The number of aryl methyl sites for hydroxylation is 1. The number of piperidine rings is 1. The topological polar surface area (TPSA) is 44.3 Å². The van der Waals surface area contributed by atoms with Gasteiger partial charge < -0.3 is 10.2 Å². The van der Waals surface area contributed by atoms with Gasteiger partial charge in [0.15, 0.2) is 5.82 Å². The molecule has 1 aromatic heterocycles. The predicted octanol–water partition coefficient (Wildman–Crippen LogP) is 6.19. The lowest BCUT2D eigenvalue weighted by Gasteiger charge is -2.37. The predicted molar refractivity (Wildman–Crippen MR) is 134 cm³/mol. The van der Waals surface area contributed by atoms with Crippen molar-refractivity contribution in [1.82, 2.24) is 15.1 Å². The van der Waals surface area contributed by atoms with Gasteiger partial charge in [0.1, 0.15) is 0 Å². The van der Waals surface area contributed by atoms with Crippen LogP contribution in [0.5, 0.6) is 0 Å². The zero-order chi connectivity index (χ0) is 26.4. The molecule has 0 radical (unpaired) electrons. The van der Waals surface area contributed by atoms with Crippen LogP contribution in [0.1, 0.15) is 41.6 Å². The number of alkyl halides is 5. The lowest BCUT2D eigenvalue weighted by molar-refractivity contribution is -0.138. The van der Waals surface area contributed by atoms with Gasteiger partial charge in [-0.25, -0.2) is 8.78 Å². The van der Waals surface area contributed by atoms with Gasteiger partial charge in [0, 0.05) is 55.1 Å². The number of nitrogens with one attached hydrogen (secondary N) is 1. The normalized spacial score (nSPS) is 19.1. The van der Waals surface area contributed by atoms with Crippen molar-refractivity contribution in [2.75, 3.05) is 36.4 Å². The fourth-order valence-electron chi connectivity index (χ4n) is 5.53. The molecule has 1 N–H and O–H groups in total. The van der Waals surface area contributed by atoms with Gasteiger partial charge in [0.2, 0.25) is 0 Å². The number of fused-ring (bicyclic) bond motifs is 1. The molecule has 0 aliphatic carbocycles. The molecule has 2 aliphatic heterocycles. The summed E-state index contributed by atoms with van der Waals surface area (Å²) in [7, 11) is 0. The molecule has 0 amide bonds. The van der Waals surface area contributed by atoms with Crippen molar-refractivity contribution in [2.24, 2.45) is 0 Å². The lowest BCUT2D eigenvalue weighted by Crippen LogP contribution is -2.44. The van der Waals surface area contributed by atoms with Crippen molar-refractivity contribution in [2.45, 2.75) is 57.8 Å². The first-order valence-electron chi connectivity index (χ1n) is 12.6. The van der Waals surface area contributed by atoms with E-state index in [2.05, 4.69) is 20.4 Å². The summed E-state index contributed by atoms with van der Waals surface area (Å²) in [6, 6.07) is 10.4. The van der Waals surface area contributed by atoms with Crippen molar-refractivity contribution < 1.29 is 22.0 Å². The Hall–Kier alpha value is -3.01. The third-order valence-corrected chi connectivity index (χ3v) is 7.69. The van der Waals surface area contributed by atoms with E-state index in [-0.39, 0.29) is 31.1 Å². The van der Waals surface area contributed by atoms with Crippen LogP contribution in [0.25, 0.3) is 10.8 Å². The SMILES string of the molecule is Cc1c(CNc2nnc(C)c3ccc(N4CCC(N5CCC(F)(F)C5)CC4)cc23)cccc1C(F)(F)F. The Labute approximate surface area is 212 Å². The maximum atomic E-state index is 13.7. The van der Waals surface area contributed by atoms with Crippen LogP contribution in [0.4, 0.5) is 33.5 Å². The molecule has 0 saturated carbocycles. The highest BCUT2D eigenvalue weighted by Crippen LogP contribution is 2.35. The van der Waals surface area contributed by atoms with Crippen molar-refractivity contribution in [3.63, 3.8) is 0 Å². The van der Waals surface area contributed by atoms with Crippen LogP contribution in [-0.2, 0) is 12.7 Å². The minimum atomic E-state index is -4.41. The van der Waals surface area contributed by atoms with E-state index in [1.165, 1.54) is 13.0 Å². The summed E-state index contributed by atoms with van der Waals surface area (Å²) < 4.78 is 67.3. The molecule has 5 rings (SSSR count). The fraction of sp³-hybridized carbons (Fsp3) is 0.481. The van der Waals surface area contributed by atoms with Crippen LogP contribution in [0.2, 0.25) is 0 Å². The summed E-state index contributed by atoms with van der Waals surface area (Å²) in [5, 5.41) is 13.5. The van der Waals surface area contributed by atoms with Crippen LogP contribution < -0.4 is 10.2 Å². The maximum Gasteiger partial charge on any atom is 0.416 e. The van der Waals surface area contributed by atoms with Gasteiger partial charge in [-0.2, -0.15) is 18.3 Å². The molecule has 2 aliphatic rings. The monoisotopic (exact) mass is 519 g/mol. The standard InChI is InChI=1S/C27H30F5N5/c1-17-19(4-3-5-24(17)27(30,31)32)15-33-25-23-14-21(6-7-22(23)18(2)34-35-25)36-11-8-20(9-12-36)37-13-10-26(28,29)16-37/h3-7,14,20H,8-13,15-16H2,1-2H3,(H,33,35). The first kappa shape index (κ1) is 25.6. The van der Waals surface area contributed by atoms with Crippen LogP contribution in [-0.4, -0.2) is 53.2 Å². The third kappa shape index (κ3) is 5.35. The summed E-state index contributed by atoms with van der Waals surface area (Å²) in [6.07, 6.45) is -2.83. The summed E-state index contributed by atoms with van der Waals surface area (Å²) in [4.78, 5) is 4.18. The molecule has 2 fully saturated rings. The highest BCUT2D eigenvalue weighted by Gasteiger charge is 2.41. The maximum absolute atomic E-state index is 13.7. The quantitative estimate of drug-likeness (QED) is 0.408. The average molecular weight is 520 g/mol. The van der Waals surface area contributed by atoms with Gasteiger partial charge in [-0.3, -0.25) is 4.90 Å². The van der Waals surface area contributed by atoms with Crippen molar-refractivity contribution in [3.8, 4) is 0 Å². The number of rotatable bonds is 5. The Kier molecular flexibility index (Phi) is 6.72. The zero-order valence-corrected chi connectivity index (χ0v) is 20.9. The molecule has 0 unspecified atom stereocenters. The van der Waals surface area contributed by atoms with Crippen LogP contribution >= 0.6 is 0 Å². The molecule has 0 bridgehead atoms. The van der Waals surface area contributed by atoms with E-state index >= 15 is 0 Å². The Morgan fingerprint density at radius 1 is 1.00 bits per heavy atom. The van der Waals surface area contributed by atoms with Gasteiger partial charge in [0.25, 0.3) is 5.92 Å². The number of hydrogen-bond acceptors (Lipinski definition) is 5. The summed E-state index contributed by atoms with van der Waals surface area (Å²) in [5.74, 6) is -2.07. The van der Waals surface area contributed by atoms with Crippen molar-refractivity contribution >= 4 is 22.3 Å². The molecule has 37 heavy (non-hydrogen) atoms. The molecule has 0 spiro atoms. The van der Waals surface area contributed by atoms with Crippen LogP contribution in [0.3, 0.4) is 0 Å². The van der Waals surface area contributed by atoms with E-state index in [1.54, 1.807) is 6.07 Å². The minimum Gasteiger partial charge on any atom is -0.371 e. The molecule has 3 aromatic rings. The first-order chi connectivity index (χ1) is 17.5. The number of likely N-dealkylation sites (tertiary alicyclic amines) is 1. The Balaban J connectivity index is 1.33. The van der Waals surface area contributed by atoms with E-state index < -0.39 is 17.7 Å². The van der Waals surface area contributed by atoms with E-state index in [4.69, 9.17) is 0 Å². The molecule has 0 atom stereocenters. The number of anilines is 2. The van der Waals surface area contributed by atoms with E-state index in [1.807, 2.05) is 30.0 Å². The van der Waals surface area contributed by atoms with Gasteiger partial charge in [-0.05, 0) is 56.0 Å². The molecule has 2 aromatic carbocycles. The van der Waals surface area contributed by atoms with Crippen molar-refractivity contribution in [1.29, 1.82) is 0 Å². The van der Waals surface area contributed by atoms with Crippen LogP contribution in [0, 0.1) is 13.8 Å². The molecule has 10 heteroatoms. The number of benzene rings is 2. The third-order valence-electron chi connectivity index (χ3n) is 7.69. The summed E-state index contributed by atoms with van der Waals surface area (Å²) in [5.41, 5.74) is 1.84. The lowest BCUT2D eigenvalue weighted by atomic mass is 10.0. The Morgan fingerprint density at radius 2 is 1.76 bits per heavy atom. The zero-order valence-electron chi connectivity index (χ0n) is 20.9. The van der Waals surface area contributed by atoms with Gasteiger partial charge in [0.05, 0.1) is 17.8 Å². The molecule has 198 valence electrons. The second kappa shape index (κ2) is 9.70. The molecular formula is C27H30F5N5. The number of aromatic nitrogens is 2. The number of nitrogens with zero attached hydrogens (tertiary/aromatic N) is 4.